The lowest BCUT2D eigenvalue weighted by Crippen LogP contribution is -2.55. The maximum absolute atomic E-state index is 13.0. The molecule has 0 saturated carbocycles. The number of likely N-dealkylation sites (tertiary alicyclic amines) is 1. The number of benzene rings is 1. The van der Waals surface area contributed by atoms with E-state index in [1.54, 1.807) is 19.2 Å². The van der Waals surface area contributed by atoms with E-state index in [0.717, 1.165) is 39.0 Å². The lowest BCUT2D eigenvalue weighted by atomic mass is 9.92. The van der Waals surface area contributed by atoms with Crippen molar-refractivity contribution in [2.24, 2.45) is 11.8 Å². The van der Waals surface area contributed by atoms with Gasteiger partial charge in [-0.2, -0.15) is 0 Å². The topological polar surface area (TPSA) is 88.8 Å². The maximum Gasteiger partial charge on any atom is 0.255 e. The molecule has 0 aliphatic carbocycles. The number of nitrogens with one attached hydrogen (secondary N) is 2. The van der Waals surface area contributed by atoms with Crippen LogP contribution in [-0.2, 0) is 4.74 Å². The van der Waals surface area contributed by atoms with E-state index in [0.29, 0.717) is 33.9 Å². The van der Waals surface area contributed by atoms with E-state index in [9.17, 15) is 4.79 Å². The van der Waals surface area contributed by atoms with Crippen LogP contribution in [0.3, 0.4) is 0 Å². The normalized spacial score (nSPS) is 24.8. The number of anilines is 1. The zero-order chi connectivity index (χ0) is 23.3. The third-order valence-corrected chi connectivity index (χ3v) is 6.62. The molecule has 2 saturated heterocycles. The highest BCUT2D eigenvalue weighted by molar-refractivity contribution is 6.33. The molecule has 0 aromatic heterocycles. The van der Waals surface area contributed by atoms with Crippen LogP contribution in [0.4, 0.5) is 5.69 Å². The molecule has 2 aliphatic heterocycles. The molecule has 9 heteroatoms. The zero-order valence-corrected chi connectivity index (χ0v) is 21.6. The van der Waals surface area contributed by atoms with Crippen LogP contribution in [0.2, 0.25) is 5.02 Å². The minimum atomic E-state index is -0.230. The third kappa shape index (κ3) is 7.41. The molecule has 33 heavy (non-hydrogen) atoms. The van der Waals surface area contributed by atoms with Crippen LogP contribution in [0.15, 0.2) is 23.9 Å². The van der Waals surface area contributed by atoms with E-state index >= 15 is 0 Å². The van der Waals surface area contributed by atoms with E-state index < -0.39 is 0 Å². The number of nitrogens with two attached hydrogens (primary N) is 1. The Labute approximate surface area is 208 Å². The van der Waals surface area contributed by atoms with Gasteiger partial charge in [0.1, 0.15) is 5.75 Å². The standard InChI is InChI=1S/C24H37ClN4O3.ClH/c1-15(2)9-17-10-16(5-7-27-17)13-29-8-6-21(23(14-29)32-4)28-24(30)18-11-19(25)20(26)12-22(18)31-3;/h9,11-12,15-16,21,23,27H,5-8,10,13-14,26H2,1-4H3,(H,28,30);1H/t16?,21-,23+;/m0./s1. The number of nitrogens with zero attached hydrogens (tertiary/aromatic N) is 1. The summed E-state index contributed by atoms with van der Waals surface area (Å²) >= 11 is 6.13. The van der Waals surface area contributed by atoms with Gasteiger partial charge in [0.05, 0.1) is 35.5 Å². The summed E-state index contributed by atoms with van der Waals surface area (Å²) in [4.78, 5) is 15.4. The van der Waals surface area contributed by atoms with Gasteiger partial charge < -0.3 is 30.7 Å². The van der Waals surface area contributed by atoms with Gasteiger partial charge >= 0.3 is 0 Å². The molecule has 186 valence electrons. The number of amides is 1. The van der Waals surface area contributed by atoms with Gasteiger partial charge in [-0.05, 0) is 37.2 Å². The van der Waals surface area contributed by atoms with Gasteiger partial charge in [-0.25, -0.2) is 0 Å². The lowest BCUT2D eigenvalue weighted by molar-refractivity contribution is 0.00116. The molecule has 1 aromatic carbocycles. The molecule has 0 bridgehead atoms. The minimum Gasteiger partial charge on any atom is -0.496 e. The molecule has 3 rings (SSSR count). The van der Waals surface area contributed by atoms with E-state index in [4.69, 9.17) is 26.8 Å². The van der Waals surface area contributed by atoms with Gasteiger partial charge in [-0.1, -0.05) is 31.5 Å². The molecule has 3 atom stereocenters. The Balaban J connectivity index is 0.00000385. The highest BCUT2D eigenvalue weighted by Gasteiger charge is 2.32. The molecule has 7 nitrogen and oxygen atoms in total. The first-order valence-corrected chi connectivity index (χ1v) is 11.8. The number of hydrogen-bond donors (Lipinski definition) is 3. The van der Waals surface area contributed by atoms with Gasteiger partial charge in [0.25, 0.3) is 5.91 Å². The predicted molar refractivity (Wildman–Crippen MR) is 136 cm³/mol. The van der Waals surface area contributed by atoms with Crippen molar-refractivity contribution in [2.75, 3.05) is 46.1 Å². The van der Waals surface area contributed by atoms with Crippen LogP contribution in [0, 0.1) is 11.8 Å². The number of ether oxygens (including phenoxy) is 2. The van der Waals surface area contributed by atoms with Crippen molar-refractivity contribution in [3.63, 3.8) is 0 Å². The average molecular weight is 501 g/mol. The van der Waals surface area contributed by atoms with Crippen LogP contribution in [0.1, 0.15) is 43.5 Å². The largest absolute Gasteiger partial charge is 0.496 e. The number of halogens is 2. The Morgan fingerprint density at radius 2 is 2.12 bits per heavy atom. The molecule has 1 amide bonds. The fraction of sp³-hybridized carbons (Fsp3) is 0.625. The SMILES string of the molecule is COc1cc(N)c(Cl)cc1C(=O)N[C@H]1CCN(CC2CCNC(=CC(C)C)C2)C[C@H]1OC.Cl. The molecular weight excluding hydrogens is 463 g/mol. The molecule has 2 aliphatic rings. The average Bonchev–Trinajstić information content (AvgIpc) is 2.76. The number of methoxy groups -OCH3 is 2. The van der Waals surface area contributed by atoms with Gasteiger partial charge in [-0.15, -0.1) is 12.4 Å². The summed E-state index contributed by atoms with van der Waals surface area (Å²) in [6, 6.07) is 3.06. The monoisotopic (exact) mass is 500 g/mol. The number of hydrogen-bond acceptors (Lipinski definition) is 6. The summed E-state index contributed by atoms with van der Waals surface area (Å²) < 4.78 is 11.1. The van der Waals surface area contributed by atoms with Crippen LogP contribution in [-0.4, -0.2) is 63.4 Å². The fourth-order valence-electron chi connectivity index (χ4n) is 4.68. The molecule has 4 N–H and O–H groups in total. The van der Waals surface area contributed by atoms with Crippen molar-refractivity contribution in [3.8, 4) is 5.75 Å². The van der Waals surface area contributed by atoms with Gasteiger partial charge in [0.15, 0.2) is 0 Å². The first-order chi connectivity index (χ1) is 15.3. The van der Waals surface area contributed by atoms with E-state index in [-0.39, 0.29) is 30.5 Å². The van der Waals surface area contributed by atoms with Crippen molar-refractivity contribution in [1.29, 1.82) is 0 Å². The summed E-state index contributed by atoms with van der Waals surface area (Å²) in [5.41, 5.74) is 7.97. The lowest BCUT2D eigenvalue weighted by Gasteiger charge is -2.40. The smallest absolute Gasteiger partial charge is 0.255 e. The first-order valence-electron chi connectivity index (χ1n) is 11.4. The fourth-order valence-corrected chi connectivity index (χ4v) is 4.85. The Hall–Kier alpha value is -1.67. The van der Waals surface area contributed by atoms with Crippen molar-refractivity contribution in [2.45, 2.75) is 45.3 Å². The Morgan fingerprint density at radius 1 is 1.36 bits per heavy atom. The molecule has 0 radical (unpaired) electrons. The van der Waals surface area contributed by atoms with Crippen molar-refractivity contribution < 1.29 is 14.3 Å². The predicted octanol–water partition coefficient (Wildman–Crippen LogP) is 3.71. The van der Waals surface area contributed by atoms with Crippen molar-refractivity contribution in [3.05, 3.63) is 34.5 Å². The summed E-state index contributed by atoms with van der Waals surface area (Å²) in [7, 11) is 3.22. The first kappa shape index (κ1) is 27.6. The number of piperidine rings is 2. The number of nitrogen functional groups attached to an aromatic ring is 1. The second-order valence-corrected chi connectivity index (χ2v) is 9.61. The molecule has 1 unspecified atom stereocenters. The summed E-state index contributed by atoms with van der Waals surface area (Å²) in [5.74, 6) is 1.38. The van der Waals surface area contributed by atoms with E-state index in [2.05, 4.69) is 35.5 Å². The zero-order valence-electron chi connectivity index (χ0n) is 20.0. The highest BCUT2D eigenvalue weighted by atomic mass is 35.5. The van der Waals surface area contributed by atoms with Crippen molar-refractivity contribution in [1.82, 2.24) is 15.5 Å². The highest BCUT2D eigenvalue weighted by Crippen LogP contribution is 2.29. The maximum atomic E-state index is 13.0. The van der Waals surface area contributed by atoms with Gasteiger partial charge in [0, 0.05) is 45.1 Å². The quantitative estimate of drug-likeness (QED) is 0.494. The molecule has 1 aromatic rings. The van der Waals surface area contributed by atoms with Crippen molar-refractivity contribution >= 4 is 35.6 Å². The summed E-state index contributed by atoms with van der Waals surface area (Å²) in [6.07, 6.45) is 5.37. The molecular formula is C24H38Cl2N4O3. The summed E-state index contributed by atoms with van der Waals surface area (Å²) in [6.45, 7) is 8.25. The van der Waals surface area contributed by atoms with Crippen LogP contribution < -0.4 is 21.1 Å². The van der Waals surface area contributed by atoms with E-state index in [1.165, 1.54) is 19.2 Å². The number of allylic oxidation sites excluding steroid dienone is 2. The Morgan fingerprint density at radius 3 is 2.79 bits per heavy atom. The van der Waals surface area contributed by atoms with E-state index in [1.807, 2.05) is 0 Å². The Kier molecular flexibility index (Phi) is 10.6. The third-order valence-electron chi connectivity index (χ3n) is 6.29. The van der Waals surface area contributed by atoms with Crippen LogP contribution >= 0.6 is 24.0 Å². The number of carbonyl (C=O) groups is 1. The summed E-state index contributed by atoms with van der Waals surface area (Å²) in [5, 5.41) is 7.00. The number of rotatable bonds is 7. The van der Waals surface area contributed by atoms with Crippen LogP contribution in [0.25, 0.3) is 0 Å². The second kappa shape index (κ2) is 12.7. The molecule has 2 fully saturated rings. The second-order valence-electron chi connectivity index (χ2n) is 9.20. The molecule has 2 heterocycles. The van der Waals surface area contributed by atoms with Gasteiger partial charge in [-0.3, -0.25) is 4.79 Å². The number of carbonyl (C=O) groups excluding carboxylic acids is 1. The Bertz CT molecular complexity index is 834. The molecule has 0 spiro atoms. The minimum absolute atomic E-state index is 0. The van der Waals surface area contributed by atoms with Gasteiger partial charge in [0.2, 0.25) is 0 Å². The van der Waals surface area contributed by atoms with Crippen LogP contribution in [0.5, 0.6) is 5.75 Å².